The van der Waals surface area contributed by atoms with Crippen molar-refractivity contribution < 1.29 is 18.1 Å². The van der Waals surface area contributed by atoms with Crippen LogP contribution in [0.15, 0.2) is 43.0 Å². The van der Waals surface area contributed by atoms with E-state index in [1.165, 1.54) is 0 Å². The second-order valence-electron chi connectivity index (χ2n) is 6.99. The molecule has 1 aliphatic heterocycles. The summed E-state index contributed by atoms with van der Waals surface area (Å²) in [6.45, 7) is 2.00. The lowest BCUT2D eigenvalue weighted by Crippen LogP contribution is -2.47. The number of alkyl halides is 3. The van der Waals surface area contributed by atoms with Crippen molar-refractivity contribution in [2.24, 2.45) is 0 Å². The van der Waals surface area contributed by atoms with Crippen molar-refractivity contribution in [1.82, 2.24) is 19.9 Å². The molecular formula is C19H16ClF3N8O2. The maximum atomic E-state index is 12.8. The maximum Gasteiger partial charge on any atom is 0.417 e. The van der Waals surface area contributed by atoms with Gasteiger partial charge in [-0.25, -0.2) is 19.9 Å². The van der Waals surface area contributed by atoms with Crippen LogP contribution in [0.2, 0.25) is 5.02 Å². The van der Waals surface area contributed by atoms with Gasteiger partial charge in [0.05, 0.1) is 15.5 Å². The quantitative estimate of drug-likeness (QED) is 0.428. The van der Waals surface area contributed by atoms with Gasteiger partial charge in [0.25, 0.3) is 0 Å². The Hall–Kier alpha value is -3.74. The Morgan fingerprint density at radius 1 is 1.03 bits per heavy atom. The van der Waals surface area contributed by atoms with Gasteiger partial charge >= 0.3 is 11.9 Å². The first-order chi connectivity index (χ1) is 15.7. The molecular weight excluding hydrogens is 465 g/mol. The van der Waals surface area contributed by atoms with Crippen LogP contribution in [-0.2, 0) is 6.18 Å². The molecule has 3 aromatic rings. The zero-order valence-electron chi connectivity index (χ0n) is 16.8. The van der Waals surface area contributed by atoms with Crippen LogP contribution in [0.4, 0.5) is 42.1 Å². The Balaban J connectivity index is 1.58. The van der Waals surface area contributed by atoms with E-state index in [1.54, 1.807) is 11.1 Å². The van der Waals surface area contributed by atoms with Crippen LogP contribution in [0.1, 0.15) is 5.56 Å². The summed E-state index contributed by atoms with van der Waals surface area (Å²) in [5.41, 5.74) is -1.47. The molecule has 1 N–H and O–H groups in total. The number of anilines is 4. The Bertz CT molecular complexity index is 1160. The molecule has 3 aromatic heterocycles. The molecule has 33 heavy (non-hydrogen) atoms. The number of hydrogen-bond acceptors (Lipinski definition) is 9. The van der Waals surface area contributed by atoms with Crippen LogP contribution in [0.25, 0.3) is 0 Å². The molecule has 0 aliphatic carbocycles. The minimum absolute atomic E-state index is 0.0844. The minimum atomic E-state index is -4.62. The van der Waals surface area contributed by atoms with Crippen molar-refractivity contribution in [3.8, 4) is 0 Å². The van der Waals surface area contributed by atoms with Crippen LogP contribution in [0, 0.1) is 10.1 Å². The van der Waals surface area contributed by atoms with Gasteiger partial charge in [-0.3, -0.25) is 10.1 Å². The standard InChI is InChI=1S/C19H16ClF3N8O2/c20-13-9-12(19(21,22)23)10-25-16(13)28-17-15(31(32)33)18(27-11-26-17)30-7-5-29(6-8-30)14-3-1-2-4-24-14/h1-4,9-11H,5-8H2,(H,25,26,27,28). The van der Waals surface area contributed by atoms with Gasteiger partial charge in [-0.05, 0) is 18.2 Å². The molecule has 0 saturated carbocycles. The Labute approximate surface area is 190 Å². The van der Waals surface area contributed by atoms with Crippen LogP contribution in [0.3, 0.4) is 0 Å². The average Bonchev–Trinajstić information content (AvgIpc) is 2.80. The first-order valence-corrected chi connectivity index (χ1v) is 10.0. The number of aromatic nitrogens is 4. The van der Waals surface area contributed by atoms with E-state index in [9.17, 15) is 23.3 Å². The fourth-order valence-corrected chi connectivity index (χ4v) is 3.56. The summed E-state index contributed by atoms with van der Waals surface area (Å²) in [6.07, 6.45) is -1.22. The second kappa shape index (κ2) is 9.02. The van der Waals surface area contributed by atoms with Crippen molar-refractivity contribution in [2.75, 3.05) is 41.3 Å². The van der Waals surface area contributed by atoms with Crippen molar-refractivity contribution in [2.45, 2.75) is 6.18 Å². The van der Waals surface area contributed by atoms with Crippen molar-refractivity contribution in [1.29, 1.82) is 0 Å². The number of nitrogens with one attached hydrogen (secondary N) is 1. The third kappa shape index (κ3) is 4.87. The molecule has 1 fully saturated rings. The highest BCUT2D eigenvalue weighted by Crippen LogP contribution is 2.37. The van der Waals surface area contributed by atoms with Crippen LogP contribution >= 0.6 is 11.6 Å². The predicted octanol–water partition coefficient (Wildman–Crippen LogP) is 3.92. The van der Waals surface area contributed by atoms with E-state index < -0.39 is 22.4 Å². The summed E-state index contributed by atoms with van der Waals surface area (Å²) in [5, 5.41) is 14.1. The highest BCUT2D eigenvalue weighted by molar-refractivity contribution is 6.33. The smallest absolute Gasteiger partial charge is 0.353 e. The molecule has 1 saturated heterocycles. The lowest BCUT2D eigenvalue weighted by molar-refractivity contribution is -0.383. The summed E-state index contributed by atoms with van der Waals surface area (Å²) in [7, 11) is 0. The predicted molar refractivity (Wildman–Crippen MR) is 115 cm³/mol. The lowest BCUT2D eigenvalue weighted by atomic mass is 10.2. The molecule has 0 spiro atoms. The molecule has 4 heterocycles. The molecule has 1 aliphatic rings. The van der Waals surface area contributed by atoms with E-state index in [4.69, 9.17) is 11.6 Å². The topological polar surface area (TPSA) is 113 Å². The average molecular weight is 481 g/mol. The van der Waals surface area contributed by atoms with Gasteiger partial charge in [0.1, 0.15) is 12.1 Å². The van der Waals surface area contributed by atoms with Gasteiger partial charge in [-0.1, -0.05) is 17.7 Å². The zero-order valence-corrected chi connectivity index (χ0v) is 17.6. The van der Waals surface area contributed by atoms with E-state index in [0.717, 1.165) is 12.1 Å². The Morgan fingerprint density at radius 2 is 1.76 bits per heavy atom. The number of halogens is 4. The fourth-order valence-electron chi connectivity index (χ4n) is 3.35. The van der Waals surface area contributed by atoms with Crippen LogP contribution in [0.5, 0.6) is 0 Å². The van der Waals surface area contributed by atoms with Crippen molar-refractivity contribution in [3.05, 3.63) is 63.7 Å². The molecule has 14 heteroatoms. The normalized spacial score (nSPS) is 14.3. The number of piperazine rings is 1. The molecule has 4 rings (SSSR count). The number of rotatable bonds is 5. The largest absolute Gasteiger partial charge is 0.417 e. The number of nitro groups is 1. The maximum absolute atomic E-state index is 12.8. The van der Waals surface area contributed by atoms with Gasteiger partial charge in [0.15, 0.2) is 5.82 Å². The first-order valence-electron chi connectivity index (χ1n) is 9.64. The summed E-state index contributed by atoms with van der Waals surface area (Å²) in [5.74, 6) is 0.463. The summed E-state index contributed by atoms with van der Waals surface area (Å²) >= 11 is 5.92. The fraction of sp³-hybridized carbons (Fsp3) is 0.263. The van der Waals surface area contributed by atoms with Gasteiger partial charge in [0.2, 0.25) is 11.6 Å². The molecule has 0 amide bonds. The highest BCUT2D eigenvalue weighted by Gasteiger charge is 2.33. The second-order valence-corrected chi connectivity index (χ2v) is 7.40. The lowest BCUT2D eigenvalue weighted by Gasteiger charge is -2.35. The van der Waals surface area contributed by atoms with Gasteiger partial charge in [-0.2, -0.15) is 13.2 Å². The zero-order chi connectivity index (χ0) is 23.6. The molecule has 0 atom stereocenters. The monoisotopic (exact) mass is 480 g/mol. The van der Waals surface area contributed by atoms with Crippen molar-refractivity contribution in [3.63, 3.8) is 0 Å². The molecule has 172 valence electrons. The molecule has 0 bridgehead atoms. The Morgan fingerprint density at radius 3 is 2.36 bits per heavy atom. The highest BCUT2D eigenvalue weighted by atomic mass is 35.5. The van der Waals surface area contributed by atoms with E-state index in [0.29, 0.717) is 38.4 Å². The molecule has 0 radical (unpaired) electrons. The van der Waals surface area contributed by atoms with Crippen LogP contribution in [-0.4, -0.2) is 51.0 Å². The SMILES string of the molecule is O=[N+]([O-])c1c(Nc2ncc(C(F)(F)F)cc2Cl)ncnc1N1CCN(c2ccccn2)CC1. The van der Waals surface area contributed by atoms with E-state index in [-0.39, 0.29) is 22.5 Å². The van der Waals surface area contributed by atoms with E-state index in [1.807, 2.05) is 18.2 Å². The molecule has 0 aromatic carbocycles. The van der Waals surface area contributed by atoms with Gasteiger partial charge in [-0.15, -0.1) is 0 Å². The molecule has 0 unspecified atom stereocenters. The summed E-state index contributed by atoms with van der Waals surface area (Å²) < 4.78 is 38.5. The van der Waals surface area contributed by atoms with Gasteiger partial charge < -0.3 is 15.1 Å². The first kappa shape index (κ1) is 22.5. The third-order valence-electron chi connectivity index (χ3n) is 4.94. The van der Waals surface area contributed by atoms with E-state index in [2.05, 4.69) is 30.2 Å². The number of hydrogen-bond donors (Lipinski definition) is 1. The summed E-state index contributed by atoms with van der Waals surface area (Å²) in [4.78, 5) is 31.0. The van der Waals surface area contributed by atoms with Crippen LogP contribution < -0.4 is 15.1 Å². The van der Waals surface area contributed by atoms with E-state index >= 15 is 0 Å². The summed E-state index contributed by atoms with van der Waals surface area (Å²) in [6, 6.07) is 6.26. The minimum Gasteiger partial charge on any atom is -0.353 e. The molecule has 10 nitrogen and oxygen atoms in total. The Kier molecular flexibility index (Phi) is 6.14. The van der Waals surface area contributed by atoms with Gasteiger partial charge in [0, 0.05) is 38.6 Å². The third-order valence-corrected chi connectivity index (χ3v) is 5.23. The van der Waals surface area contributed by atoms with Crippen molar-refractivity contribution >= 4 is 40.6 Å². The number of pyridine rings is 2. The number of nitrogens with zero attached hydrogens (tertiary/aromatic N) is 7.